The molecular formula is C13H19ClFNO. The van der Waals surface area contributed by atoms with Crippen LogP contribution in [0.15, 0.2) is 18.2 Å². The van der Waals surface area contributed by atoms with E-state index in [4.69, 9.17) is 17.3 Å². The first-order valence-corrected chi connectivity index (χ1v) is 5.98. The largest absolute Gasteiger partial charge is 0.388 e. The summed E-state index contributed by atoms with van der Waals surface area (Å²) in [5, 5.41) is 10.3. The van der Waals surface area contributed by atoms with Gasteiger partial charge in [-0.15, -0.1) is 0 Å². The van der Waals surface area contributed by atoms with Crippen LogP contribution in [0.5, 0.6) is 0 Å². The second kappa shape index (κ2) is 5.34. The van der Waals surface area contributed by atoms with E-state index < -0.39 is 11.9 Å². The summed E-state index contributed by atoms with van der Waals surface area (Å²) in [5.41, 5.74) is 6.08. The molecule has 0 aliphatic carbocycles. The Kier molecular flexibility index (Phi) is 4.53. The number of benzene rings is 1. The first-order valence-electron chi connectivity index (χ1n) is 5.60. The highest BCUT2D eigenvalue weighted by Crippen LogP contribution is 2.28. The standard InChI is InChI=1S/C13H19ClFNO/c1-13(2,3)12(16)7-11(17)9-5-4-8(14)6-10(9)15/h4-6,11-12,17H,7,16H2,1-3H3/t11-,12+/m0/s1. The molecule has 0 saturated carbocycles. The average molecular weight is 260 g/mol. The molecule has 1 rings (SSSR count). The van der Waals surface area contributed by atoms with E-state index in [0.717, 1.165) is 0 Å². The van der Waals surface area contributed by atoms with Crippen LogP contribution < -0.4 is 5.73 Å². The van der Waals surface area contributed by atoms with Crippen molar-refractivity contribution in [3.8, 4) is 0 Å². The van der Waals surface area contributed by atoms with E-state index in [1.54, 1.807) is 6.07 Å². The van der Waals surface area contributed by atoms with Crippen LogP contribution in [0, 0.1) is 11.2 Å². The quantitative estimate of drug-likeness (QED) is 0.875. The molecule has 2 atom stereocenters. The number of hydrogen-bond acceptors (Lipinski definition) is 2. The highest BCUT2D eigenvalue weighted by Gasteiger charge is 2.25. The number of aliphatic hydroxyl groups is 1. The minimum absolute atomic E-state index is 0.121. The molecule has 0 aliphatic heterocycles. The summed E-state index contributed by atoms with van der Waals surface area (Å²) < 4.78 is 13.6. The van der Waals surface area contributed by atoms with Crippen molar-refractivity contribution in [3.05, 3.63) is 34.6 Å². The van der Waals surface area contributed by atoms with Crippen molar-refractivity contribution in [2.75, 3.05) is 0 Å². The third kappa shape index (κ3) is 3.95. The Bertz CT molecular complexity index is 389. The van der Waals surface area contributed by atoms with Gasteiger partial charge >= 0.3 is 0 Å². The molecule has 0 aliphatic rings. The summed E-state index contributed by atoms with van der Waals surface area (Å²) >= 11 is 5.65. The monoisotopic (exact) mass is 259 g/mol. The van der Waals surface area contributed by atoms with Gasteiger partial charge in [-0.25, -0.2) is 4.39 Å². The fourth-order valence-corrected chi connectivity index (χ4v) is 1.65. The van der Waals surface area contributed by atoms with Crippen molar-refractivity contribution in [2.45, 2.75) is 39.3 Å². The third-order valence-corrected chi connectivity index (χ3v) is 3.15. The number of rotatable bonds is 3. The first-order chi connectivity index (χ1) is 7.71. The number of nitrogens with two attached hydrogens (primary N) is 1. The summed E-state index contributed by atoms with van der Waals surface area (Å²) in [6, 6.07) is 4.05. The third-order valence-electron chi connectivity index (χ3n) is 2.91. The van der Waals surface area contributed by atoms with Gasteiger partial charge in [0.25, 0.3) is 0 Å². The molecule has 0 aromatic heterocycles. The van der Waals surface area contributed by atoms with Crippen molar-refractivity contribution < 1.29 is 9.50 Å². The van der Waals surface area contributed by atoms with Gasteiger partial charge in [-0.05, 0) is 24.0 Å². The Hall–Kier alpha value is -0.640. The summed E-state index contributed by atoms with van der Waals surface area (Å²) in [6.45, 7) is 5.97. The molecule has 1 aromatic rings. The molecule has 0 heterocycles. The van der Waals surface area contributed by atoms with Crippen molar-refractivity contribution in [1.29, 1.82) is 0 Å². The van der Waals surface area contributed by atoms with Gasteiger partial charge in [-0.1, -0.05) is 38.4 Å². The van der Waals surface area contributed by atoms with E-state index in [9.17, 15) is 9.50 Å². The topological polar surface area (TPSA) is 46.2 Å². The van der Waals surface area contributed by atoms with Crippen molar-refractivity contribution in [2.24, 2.45) is 11.1 Å². The van der Waals surface area contributed by atoms with Crippen LogP contribution in [0.3, 0.4) is 0 Å². The number of halogens is 2. The van der Waals surface area contributed by atoms with E-state index in [0.29, 0.717) is 11.4 Å². The lowest BCUT2D eigenvalue weighted by Gasteiger charge is -2.29. The number of aliphatic hydroxyl groups excluding tert-OH is 1. The van der Waals surface area contributed by atoms with Crippen molar-refractivity contribution >= 4 is 11.6 Å². The molecule has 0 amide bonds. The van der Waals surface area contributed by atoms with Gasteiger partial charge in [0, 0.05) is 16.6 Å². The normalized spacial score (nSPS) is 15.7. The van der Waals surface area contributed by atoms with Gasteiger partial charge < -0.3 is 10.8 Å². The van der Waals surface area contributed by atoms with Crippen LogP contribution in [0.4, 0.5) is 4.39 Å². The predicted octanol–water partition coefficient (Wildman–Crippen LogP) is 3.28. The van der Waals surface area contributed by atoms with Crippen LogP contribution in [0.1, 0.15) is 38.9 Å². The minimum atomic E-state index is -0.901. The van der Waals surface area contributed by atoms with Gasteiger partial charge in [0.2, 0.25) is 0 Å². The molecule has 0 saturated heterocycles. The molecule has 0 spiro atoms. The Morgan fingerprint density at radius 1 is 1.41 bits per heavy atom. The Morgan fingerprint density at radius 3 is 2.47 bits per heavy atom. The molecule has 0 bridgehead atoms. The molecule has 4 heteroatoms. The molecule has 3 N–H and O–H groups in total. The van der Waals surface area contributed by atoms with Crippen molar-refractivity contribution in [1.82, 2.24) is 0 Å². The van der Waals surface area contributed by atoms with E-state index in [1.807, 2.05) is 20.8 Å². The molecule has 1 aromatic carbocycles. The minimum Gasteiger partial charge on any atom is -0.388 e. The summed E-state index contributed by atoms with van der Waals surface area (Å²) in [4.78, 5) is 0. The predicted molar refractivity (Wildman–Crippen MR) is 68.4 cm³/mol. The van der Waals surface area contributed by atoms with Gasteiger partial charge in [0.05, 0.1) is 6.10 Å². The molecule has 0 unspecified atom stereocenters. The Labute approximate surface area is 107 Å². The van der Waals surface area contributed by atoms with E-state index >= 15 is 0 Å². The maximum atomic E-state index is 13.6. The fraction of sp³-hybridized carbons (Fsp3) is 0.538. The van der Waals surface area contributed by atoms with Gasteiger partial charge in [0.1, 0.15) is 5.82 Å². The average Bonchev–Trinajstić information content (AvgIpc) is 2.15. The maximum Gasteiger partial charge on any atom is 0.130 e. The Balaban J connectivity index is 2.80. The molecule has 17 heavy (non-hydrogen) atoms. The molecule has 0 radical (unpaired) electrons. The van der Waals surface area contributed by atoms with Crippen LogP contribution in [-0.2, 0) is 0 Å². The zero-order valence-corrected chi connectivity index (χ0v) is 11.1. The maximum absolute atomic E-state index is 13.6. The summed E-state index contributed by atoms with van der Waals surface area (Å²) in [7, 11) is 0. The molecule has 0 fully saturated rings. The fourth-order valence-electron chi connectivity index (χ4n) is 1.49. The van der Waals surface area contributed by atoms with Crippen LogP contribution in [0.25, 0.3) is 0 Å². The summed E-state index contributed by atoms with van der Waals surface area (Å²) in [5.74, 6) is -0.494. The second-order valence-electron chi connectivity index (χ2n) is 5.39. The van der Waals surface area contributed by atoms with Crippen LogP contribution in [-0.4, -0.2) is 11.1 Å². The lowest BCUT2D eigenvalue weighted by atomic mass is 9.83. The molecule has 2 nitrogen and oxygen atoms in total. The van der Waals surface area contributed by atoms with E-state index in [2.05, 4.69) is 0 Å². The summed E-state index contributed by atoms with van der Waals surface area (Å²) in [6.07, 6.45) is -0.580. The van der Waals surface area contributed by atoms with Gasteiger partial charge in [-0.3, -0.25) is 0 Å². The smallest absolute Gasteiger partial charge is 0.130 e. The second-order valence-corrected chi connectivity index (χ2v) is 5.83. The van der Waals surface area contributed by atoms with E-state index in [-0.39, 0.29) is 17.0 Å². The lowest BCUT2D eigenvalue weighted by Crippen LogP contribution is -2.36. The first kappa shape index (κ1) is 14.4. The zero-order chi connectivity index (χ0) is 13.2. The molecular weight excluding hydrogens is 241 g/mol. The zero-order valence-electron chi connectivity index (χ0n) is 10.4. The SMILES string of the molecule is CC(C)(C)[C@H](N)C[C@H](O)c1ccc(Cl)cc1F. The lowest BCUT2D eigenvalue weighted by molar-refractivity contribution is 0.130. The van der Waals surface area contributed by atoms with Crippen molar-refractivity contribution in [3.63, 3.8) is 0 Å². The van der Waals surface area contributed by atoms with Crippen LogP contribution in [0.2, 0.25) is 5.02 Å². The Morgan fingerprint density at radius 2 is 2.00 bits per heavy atom. The highest BCUT2D eigenvalue weighted by molar-refractivity contribution is 6.30. The molecule has 96 valence electrons. The van der Waals surface area contributed by atoms with Crippen LogP contribution >= 0.6 is 11.6 Å². The number of hydrogen-bond donors (Lipinski definition) is 2. The van der Waals surface area contributed by atoms with Gasteiger partial charge in [0.15, 0.2) is 0 Å². The highest BCUT2D eigenvalue weighted by atomic mass is 35.5. The van der Waals surface area contributed by atoms with E-state index in [1.165, 1.54) is 12.1 Å². The van der Waals surface area contributed by atoms with Gasteiger partial charge in [-0.2, -0.15) is 0 Å².